The summed E-state index contributed by atoms with van der Waals surface area (Å²) in [6.45, 7) is 2.05. The Balaban J connectivity index is 2.12. The Bertz CT molecular complexity index is 580. The van der Waals surface area contributed by atoms with Crippen molar-refractivity contribution in [2.45, 2.75) is 51.2 Å². The van der Waals surface area contributed by atoms with Crippen molar-refractivity contribution in [2.24, 2.45) is 15.7 Å². The summed E-state index contributed by atoms with van der Waals surface area (Å²) in [6, 6.07) is 3.70. The lowest BCUT2D eigenvalue weighted by atomic mass is 10.1. The SMILES string of the molecule is CCCCC(=O)N=C(N=CN)c1ccc(C2CCC(CO)O2)[nH]1. The average molecular weight is 320 g/mol. The third-order valence-corrected chi connectivity index (χ3v) is 3.78. The molecule has 0 bridgehead atoms. The van der Waals surface area contributed by atoms with E-state index in [4.69, 9.17) is 15.6 Å². The summed E-state index contributed by atoms with van der Waals surface area (Å²) in [5.74, 6) is 0.0672. The second-order valence-electron chi connectivity index (χ2n) is 5.54. The summed E-state index contributed by atoms with van der Waals surface area (Å²) in [6.07, 6.45) is 4.74. The molecule has 0 radical (unpaired) electrons. The van der Waals surface area contributed by atoms with E-state index >= 15 is 0 Å². The van der Waals surface area contributed by atoms with E-state index in [2.05, 4.69) is 15.0 Å². The zero-order valence-corrected chi connectivity index (χ0v) is 13.4. The first kappa shape index (κ1) is 17.4. The number of rotatable bonds is 6. The summed E-state index contributed by atoms with van der Waals surface area (Å²) < 4.78 is 5.73. The number of aromatic amines is 1. The number of amidine groups is 1. The average Bonchev–Trinajstić information content (AvgIpc) is 3.21. The Kier molecular flexibility index (Phi) is 6.49. The Morgan fingerprint density at radius 2 is 2.35 bits per heavy atom. The largest absolute Gasteiger partial charge is 0.394 e. The van der Waals surface area contributed by atoms with E-state index in [1.165, 1.54) is 0 Å². The predicted octanol–water partition coefficient (Wildman–Crippen LogP) is 1.68. The summed E-state index contributed by atoms with van der Waals surface area (Å²) in [7, 11) is 0. The van der Waals surface area contributed by atoms with Crippen molar-refractivity contribution in [3.63, 3.8) is 0 Å². The molecular formula is C16H24N4O3. The van der Waals surface area contributed by atoms with E-state index in [-0.39, 0.29) is 30.6 Å². The highest BCUT2D eigenvalue weighted by molar-refractivity contribution is 6.06. The van der Waals surface area contributed by atoms with Crippen LogP contribution in [-0.4, -0.2) is 40.9 Å². The molecule has 0 aromatic carbocycles. The van der Waals surface area contributed by atoms with Gasteiger partial charge in [-0.05, 0) is 31.4 Å². The van der Waals surface area contributed by atoms with Gasteiger partial charge in [0.1, 0.15) is 0 Å². The number of H-pyrrole nitrogens is 1. The van der Waals surface area contributed by atoms with E-state index in [0.29, 0.717) is 12.1 Å². The Morgan fingerprint density at radius 3 is 3.00 bits per heavy atom. The number of nitrogens with zero attached hydrogens (tertiary/aromatic N) is 2. The molecule has 1 aromatic heterocycles. The molecule has 2 atom stereocenters. The van der Waals surface area contributed by atoms with Crippen LogP contribution in [0.2, 0.25) is 0 Å². The fourth-order valence-corrected chi connectivity index (χ4v) is 2.53. The molecule has 1 aliphatic rings. The van der Waals surface area contributed by atoms with Crippen LogP contribution >= 0.6 is 0 Å². The second kappa shape index (κ2) is 8.59. The number of aromatic nitrogens is 1. The number of ether oxygens (including phenoxy) is 1. The van der Waals surface area contributed by atoms with Crippen LogP contribution in [-0.2, 0) is 9.53 Å². The molecule has 7 heteroatoms. The molecule has 1 amide bonds. The van der Waals surface area contributed by atoms with Crippen LogP contribution in [0, 0.1) is 0 Å². The molecule has 1 saturated heterocycles. The molecule has 0 aliphatic carbocycles. The minimum Gasteiger partial charge on any atom is -0.394 e. The van der Waals surface area contributed by atoms with Crippen molar-refractivity contribution in [3.8, 4) is 0 Å². The molecule has 1 aliphatic heterocycles. The lowest BCUT2D eigenvalue weighted by Gasteiger charge is -2.10. The van der Waals surface area contributed by atoms with Crippen molar-refractivity contribution < 1.29 is 14.6 Å². The van der Waals surface area contributed by atoms with Crippen LogP contribution in [0.25, 0.3) is 0 Å². The van der Waals surface area contributed by atoms with E-state index in [1.54, 1.807) is 0 Å². The highest BCUT2D eigenvalue weighted by atomic mass is 16.5. The fourth-order valence-electron chi connectivity index (χ4n) is 2.53. The molecule has 7 nitrogen and oxygen atoms in total. The second-order valence-corrected chi connectivity index (χ2v) is 5.54. The summed E-state index contributed by atoms with van der Waals surface area (Å²) in [4.78, 5) is 23.0. The van der Waals surface area contributed by atoms with Gasteiger partial charge >= 0.3 is 0 Å². The Hall–Kier alpha value is -1.99. The maximum atomic E-state index is 11.8. The topological polar surface area (TPSA) is 113 Å². The summed E-state index contributed by atoms with van der Waals surface area (Å²) in [5, 5.41) is 9.14. The number of aliphatic hydroxyl groups excluding tert-OH is 1. The molecular weight excluding hydrogens is 296 g/mol. The number of hydrogen-bond donors (Lipinski definition) is 3. The number of unbranched alkanes of at least 4 members (excludes halogenated alkanes) is 1. The third kappa shape index (κ3) is 4.74. The maximum Gasteiger partial charge on any atom is 0.247 e. The van der Waals surface area contributed by atoms with Crippen LogP contribution in [0.1, 0.15) is 56.5 Å². The van der Waals surface area contributed by atoms with Gasteiger partial charge in [-0.25, -0.2) is 4.99 Å². The molecule has 23 heavy (non-hydrogen) atoms. The number of aliphatic imine (C=N–C) groups is 2. The zero-order chi connectivity index (χ0) is 16.7. The molecule has 2 rings (SSSR count). The van der Waals surface area contributed by atoms with Crippen molar-refractivity contribution in [3.05, 3.63) is 23.5 Å². The van der Waals surface area contributed by atoms with Gasteiger partial charge in [-0.15, -0.1) is 0 Å². The molecule has 0 spiro atoms. The number of carbonyl (C=O) groups excluding carboxylic acids is 1. The van der Waals surface area contributed by atoms with Gasteiger partial charge in [-0.2, -0.15) is 4.99 Å². The van der Waals surface area contributed by atoms with Crippen LogP contribution in [0.5, 0.6) is 0 Å². The van der Waals surface area contributed by atoms with Crippen molar-refractivity contribution >= 4 is 18.1 Å². The van der Waals surface area contributed by atoms with Gasteiger partial charge in [0.2, 0.25) is 5.91 Å². The first-order chi connectivity index (χ1) is 11.2. The van der Waals surface area contributed by atoms with Crippen LogP contribution < -0.4 is 5.73 Å². The highest BCUT2D eigenvalue weighted by Crippen LogP contribution is 2.32. The quantitative estimate of drug-likeness (QED) is 0.546. The van der Waals surface area contributed by atoms with Gasteiger partial charge in [-0.1, -0.05) is 13.3 Å². The van der Waals surface area contributed by atoms with E-state index in [1.807, 2.05) is 19.1 Å². The van der Waals surface area contributed by atoms with Crippen LogP contribution in [0.4, 0.5) is 0 Å². The number of carbonyl (C=O) groups is 1. The fraction of sp³-hybridized carbons (Fsp3) is 0.562. The van der Waals surface area contributed by atoms with Gasteiger partial charge in [0.05, 0.1) is 30.8 Å². The molecule has 0 saturated carbocycles. The molecule has 4 N–H and O–H groups in total. The predicted molar refractivity (Wildman–Crippen MR) is 88.5 cm³/mol. The van der Waals surface area contributed by atoms with Gasteiger partial charge in [0.15, 0.2) is 5.84 Å². The van der Waals surface area contributed by atoms with Crippen molar-refractivity contribution in [2.75, 3.05) is 6.61 Å². The first-order valence-electron chi connectivity index (χ1n) is 7.99. The van der Waals surface area contributed by atoms with Crippen LogP contribution in [0.3, 0.4) is 0 Å². The van der Waals surface area contributed by atoms with Crippen LogP contribution in [0.15, 0.2) is 22.1 Å². The Labute approximate surface area is 135 Å². The standard InChI is InChI=1S/C16H24N4O3/c1-2-3-4-15(22)20-16(18-10-17)13-7-6-12(19-13)14-8-5-11(9-21)23-14/h6-7,10-11,14,19,21H,2-5,8-9H2,1H3,(H2,17,18,20,22). The van der Waals surface area contributed by atoms with E-state index < -0.39 is 0 Å². The van der Waals surface area contributed by atoms with Gasteiger partial charge in [0.25, 0.3) is 0 Å². The number of aliphatic hydroxyl groups is 1. The third-order valence-electron chi connectivity index (χ3n) is 3.78. The minimum absolute atomic E-state index is 0.0279. The first-order valence-corrected chi connectivity index (χ1v) is 7.99. The monoisotopic (exact) mass is 320 g/mol. The molecule has 1 fully saturated rings. The number of nitrogens with one attached hydrogen (secondary N) is 1. The lowest BCUT2D eigenvalue weighted by Crippen LogP contribution is -2.11. The zero-order valence-electron chi connectivity index (χ0n) is 13.4. The van der Waals surface area contributed by atoms with E-state index in [0.717, 1.165) is 37.7 Å². The van der Waals surface area contributed by atoms with Gasteiger partial charge in [-0.3, -0.25) is 4.79 Å². The molecule has 1 aromatic rings. The molecule has 126 valence electrons. The lowest BCUT2D eigenvalue weighted by molar-refractivity contribution is -0.117. The Morgan fingerprint density at radius 1 is 1.52 bits per heavy atom. The maximum absolute atomic E-state index is 11.8. The van der Waals surface area contributed by atoms with Crippen molar-refractivity contribution in [1.82, 2.24) is 4.98 Å². The molecule has 2 heterocycles. The molecule has 2 unspecified atom stereocenters. The minimum atomic E-state index is -0.207. The number of amides is 1. The normalized spacial score (nSPS) is 22.1. The summed E-state index contributed by atoms with van der Waals surface area (Å²) >= 11 is 0. The van der Waals surface area contributed by atoms with Gasteiger partial charge in [0, 0.05) is 12.1 Å². The van der Waals surface area contributed by atoms with E-state index in [9.17, 15) is 4.79 Å². The number of nitrogens with two attached hydrogens (primary N) is 1. The van der Waals surface area contributed by atoms with Gasteiger partial charge < -0.3 is 20.6 Å². The summed E-state index contributed by atoms with van der Waals surface area (Å²) in [5.41, 5.74) is 6.87. The highest BCUT2D eigenvalue weighted by Gasteiger charge is 2.27. The smallest absolute Gasteiger partial charge is 0.247 e. The number of hydrogen-bond acceptors (Lipinski definition) is 3. The van der Waals surface area contributed by atoms with Crippen molar-refractivity contribution in [1.29, 1.82) is 0 Å².